The number of halogens is 1. The average Bonchev–Trinajstić information content (AvgIpc) is 3.23. The Hall–Kier alpha value is -3.58. The number of carbonyl (C=O) groups is 2. The smallest absolute Gasteiger partial charge is 0.267 e. The number of aromatic nitrogens is 4. The zero-order valence-electron chi connectivity index (χ0n) is 13.7. The molecule has 1 aliphatic rings. The molecule has 4 aromatic rings. The van der Waals surface area contributed by atoms with Crippen molar-refractivity contribution >= 4 is 40.1 Å². The van der Waals surface area contributed by atoms with Gasteiger partial charge in [0.15, 0.2) is 5.65 Å². The van der Waals surface area contributed by atoms with Crippen molar-refractivity contribution in [3.8, 4) is 11.3 Å². The molecule has 1 aromatic carbocycles. The lowest BCUT2D eigenvalue weighted by Crippen LogP contribution is -2.29. The molecule has 0 atom stereocenters. The van der Waals surface area contributed by atoms with Crippen LogP contribution in [0.2, 0.25) is 5.02 Å². The number of anilines is 1. The molecule has 0 saturated heterocycles. The van der Waals surface area contributed by atoms with Gasteiger partial charge in [-0.1, -0.05) is 11.6 Å². The van der Waals surface area contributed by atoms with Crippen molar-refractivity contribution in [2.75, 3.05) is 4.90 Å². The highest BCUT2D eigenvalue weighted by atomic mass is 35.5. The summed E-state index contributed by atoms with van der Waals surface area (Å²) in [5.74, 6) is -0.838. The Balaban J connectivity index is 1.74. The maximum Gasteiger partial charge on any atom is 0.267 e. The number of hydrogen-bond acceptors (Lipinski definition) is 5. The molecule has 0 aliphatic carbocycles. The van der Waals surface area contributed by atoms with Crippen LogP contribution in [-0.4, -0.2) is 32.0 Å². The summed E-state index contributed by atoms with van der Waals surface area (Å²) in [5.41, 5.74) is 2.79. The fourth-order valence-corrected chi connectivity index (χ4v) is 3.37. The van der Waals surface area contributed by atoms with Crippen molar-refractivity contribution in [2.24, 2.45) is 0 Å². The number of H-pyrrole nitrogens is 1. The standard InChI is InChI=1S/C19H10ClN5O2/c20-11-1-3-12(4-2-11)25-18(26)13-9-22-17-15(14(13)19(25)27)16(23-24-17)10-5-7-21-8-6-10/h1-9H,(H,22,23,24). The van der Waals surface area contributed by atoms with Gasteiger partial charge in [0, 0.05) is 29.2 Å². The number of fused-ring (bicyclic) bond motifs is 3. The van der Waals surface area contributed by atoms with Gasteiger partial charge < -0.3 is 0 Å². The molecule has 130 valence electrons. The van der Waals surface area contributed by atoms with E-state index in [1.54, 1.807) is 48.8 Å². The zero-order chi connectivity index (χ0) is 18.5. The molecule has 0 bridgehead atoms. The third-order valence-electron chi connectivity index (χ3n) is 4.49. The number of hydrogen-bond donors (Lipinski definition) is 1. The van der Waals surface area contributed by atoms with E-state index in [4.69, 9.17) is 11.6 Å². The van der Waals surface area contributed by atoms with Crippen LogP contribution in [0.4, 0.5) is 5.69 Å². The molecule has 27 heavy (non-hydrogen) atoms. The molecule has 7 nitrogen and oxygen atoms in total. The van der Waals surface area contributed by atoms with E-state index in [2.05, 4.69) is 20.2 Å². The minimum atomic E-state index is -0.423. The van der Waals surface area contributed by atoms with E-state index in [0.29, 0.717) is 33.0 Å². The van der Waals surface area contributed by atoms with Gasteiger partial charge in [-0.25, -0.2) is 9.88 Å². The number of nitrogens with zero attached hydrogens (tertiary/aromatic N) is 4. The third-order valence-corrected chi connectivity index (χ3v) is 4.74. The zero-order valence-corrected chi connectivity index (χ0v) is 14.4. The van der Waals surface area contributed by atoms with Gasteiger partial charge in [-0.05, 0) is 36.4 Å². The Morgan fingerprint density at radius 2 is 1.70 bits per heavy atom. The van der Waals surface area contributed by atoms with Gasteiger partial charge in [0.25, 0.3) is 11.8 Å². The van der Waals surface area contributed by atoms with E-state index < -0.39 is 11.8 Å². The highest BCUT2D eigenvalue weighted by Gasteiger charge is 2.39. The predicted octanol–water partition coefficient (Wildman–Crippen LogP) is 3.47. The average molecular weight is 376 g/mol. The van der Waals surface area contributed by atoms with Crippen molar-refractivity contribution in [2.45, 2.75) is 0 Å². The SMILES string of the molecule is O=C1c2cnc3n[nH]c(-c4ccncc4)c3c2C(=O)N1c1ccc(Cl)cc1. The van der Waals surface area contributed by atoms with Gasteiger partial charge >= 0.3 is 0 Å². The maximum absolute atomic E-state index is 13.2. The van der Waals surface area contributed by atoms with E-state index in [1.165, 1.54) is 6.20 Å². The van der Waals surface area contributed by atoms with Crippen molar-refractivity contribution < 1.29 is 9.59 Å². The van der Waals surface area contributed by atoms with Crippen LogP contribution in [0.25, 0.3) is 22.3 Å². The topological polar surface area (TPSA) is 91.8 Å². The number of benzene rings is 1. The Labute approximate surface area is 157 Å². The lowest BCUT2D eigenvalue weighted by atomic mass is 10.0. The summed E-state index contributed by atoms with van der Waals surface area (Å²) in [6.07, 6.45) is 4.68. The number of amides is 2. The summed E-state index contributed by atoms with van der Waals surface area (Å²) in [6.45, 7) is 0. The molecular formula is C19H10ClN5O2. The number of carbonyl (C=O) groups excluding carboxylic acids is 2. The van der Waals surface area contributed by atoms with Crippen LogP contribution in [0.5, 0.6) is 0 Å². The second-order valence-electron chi connectivity index (χ2n) is 6.00. The lowest BCUT2D eigenvalue weighted by Gasteiger charge is -2.13. The Kier molecular flexibility index (Phi) is 3.32. The van der Waals surface area contributed by atoms with Crippen molar-refractivity contribution in [3.63, 3.8) is 0 Å². The molecule has 3 aromatic heterocycles. The fraction of sp³-hybridized carbons (Fsp3) is 0. The highest BCUT2D eigenvalue weighted by molar-refractivity contribution is 6.38. The summed E-state index contributed by atoms with van der Waals surface area (Å²) < 4.78 is 0. The van der Waals surface area contributed by atoms with Gasteiger partial charge in [-0.3, -0.25) is 19.7 Å². The van der Waals surface area contributed by atoms with Crippen LogP contribution >= 0.6 is 11.6 Å². The first kappa shape index (κ1) is 15.7. The number of nitrogens with one attached hydrogen (secondary N) is 1. The van der Waals surface area contributed by atoms with Crippen LogP contribution in [-0.2, 0) is 0 Å². The van der Waals surface area contributed by atoms with Gasteiger partial charge in [-0.15, -0.1) is 0 Å². The number of pyridine rings is 2. The molecule has 5 rings (SSSR count). The van der Waals surface area contributed by atoms with Gasteiger partial charge in [0.2, 0.25) is 0 Å². The van der Waals surface area contributed by atoms with Crippen LogP contribution in [0.1, 0.15) is 20.7 Å². The first-order valence-corrected chi connectivity index (χ1v) is 8.45. The van der Waals surface area contributed by atoms with E-state index in [0.717, 1.165) is 10.5 Å². The minimum Gasteiger partial charge on any atom is -0.275 e. The van der Waals surface area contributed by atoms with Crippen LogP contribution in [0.3, 0.4) is 0 Å². The maximum atomic E-state index is 13.2. The minimum absolute atomic E-state index is 0.249. The number of imide groups is 1. The van der Waals surface area contributed by atoms with E-state index in [-0.39, 0.29) is 5.56 Å². The predicted molar refractivity (Wildman–Crippen MR) is 99.7 cm³/mol. The van der Waals surface area contributed by atoms with Crippen molar-refractivity contribution in [3.05, 3.63) is 71.1 Å². The van der Waals surface area contributed by atoms with Crippen molar-refractivity contribution in [1.29, 1.82) is 0 Å². The van der Waals surface area contributed by atoms with E-state index >= 15 is 0 Å². The molecule has 8 heteroatoms. The Morgan fingerprint density at radius 1 is 0.963 bits per heavy atom. The second kappa shape index (κ2) is 5.72. The van der Waals surface area contributed by atoms with Crippen LogP contribution < -0.4 is 4.90 Å². The summed E-state index contributed by atoms with van der Waals surface area (Å²) in [6, 6.07) is 10.1. The second-order valence-corrected chi connectivity index (χ2v) is 6.44. The molecule has 1 aliphatic heterocycles. The molecule has 0 radical (unpaired) electrons. The summed E-state index contributed by atoms with van der Waals surface area (Å²) in [4.78, 5) is 35.5. The first-order valence-electron chi connectivity index (χ1n) is 8.07. The normalized spacial score (nSPS) is 13.4. The monoisotopic (exact) mass is 375 g/mol. The summed E-state index contributed by atoms with van der Waals surface area (Å²) >= 11 is 5.92. The first-order chi connectivity index (χ1) is 13.1. The molecule has 0 fully saturated rings. The molecule has 0 saturated carbocycles. The molecule has 4 heterocycles. The highest BCUT2D eigenvalue weighted by Crippen LogP contribution is 2.36. The Morgan fingerprint density at radius 3 is 2.44 bits per heavy atom. The number of rotatable bonds is 2. The molecule has 1 N–H and O–H groups in total. The Bertz CT molecular complexity index is 1220. The van der Waals surface area contributed by atoms with E-state index in [1.807, 2.05) is 0 Å². The fourth-order valence-electron chi connectivity index (χ4n) is 3.25. The molecule has 0 spiro atoms. The lowest BCUT2D eigenvalue weighted by molar-refractivity contribution is 0.0926. The third kappa shape index (κ3) is 2.25. The van der Waals surface area contributed by atoms with E-state index in [9.17, 15) is 9.59 Å². The van der Waals surface area contributed by atoms with Crippen LogP contribution in [0.15, 0.2) is 55.0 Å². The summed E-state index contributed by atoms with van der Waals surface area (Å²) in [5, 5.41) is 8.15. The molecule has 0 unspecified atom stereocenters. The summed E-state index contributed by atoms with van der Waals surface area (Å²) in [7, 11) is 0. The van der Waals surface area contributed by atoms with Gasteiger partial charge in [-0.2, -0.15) is 5.10 Å². The number of aromatic amines is 1. The van der Waals surface area contributed by atoms with Gasteiger partial charge in [0.05, 0.1) is 27.9 Å². The van der Waals surface area contributed by atoms with Crippen molar-refractivity contribution in [1.82, 2.24) is 20.2 Å². The molecular weight excluding hydrogens is 366 g/mol. The quantitative estimate of drug-likeness (QED) is 0.541. The largest absolute Gasteiger partial charge is 0.275 e. The molecule has 2 amide bonds. The van der Waals surface area contributed by atoms with Crippen LogP contribution in [0, 0.1) is 0 Å². The van der Waals surface area contributed by atoms with Gasteiger partial charge in [0.1, 0.15) is 0 Å².